The van der Waals surface area contributed by atoms with Gasteiger partial charge < -0.3 is 37.8 Å². The Kier molecular flexibility index (Phi) is 8.15. The molecule has 0 saturated heterocycles. The van der Waals surface area contributed by atoms with Gasteiger partial charge >= 0.3 is 6.03 Å². The van der Waals surface area contributed by atoms with E-state index in [0.29, 0.717) is 11.4 Å². The van der Waals surface area contributed by atoms with Gasteiger partial charge in [0.25, 0.3) is 0 Å². The highest BCUT2D eigenvalue weighted by Crippen LogP contribution is 2.57. The maximum absolute atomic E-state index is 14.6. The summed E-state index contributed by atoms with van der Waals surface area (Å²) in [5, 5.41) is 27.1. The smallest absolute Gasteiger partial charge is 0.319 e. The van der Waals surface area contributed by atoms with E-state index < -0.39 is 87.4 Å². The van der Waals surface area contributed by atoms with Crippen LogP contribution in [0, 0.1) is 34.4 Å². The molecular formula is C32H35FN8O7. The van der Waals surface area contributed by atoms with Gasteiger partial charge in [-0.3, -0.25) is 28.9 Å². The van der Waals surface area contributed by atoms with Crippen LogP contribution in [-0.4, -0.2) is 90.4 Å². The number of aromatic hydroxyl groups is 1. The molecule has 48 heavy (non-hydrogen) atoms. The largest absolute Gasteiger partial charge is 0.507 e. The number of ketones is 4. The number of halogens is 1. The molecule has 15 nitrogen and oxygen atoms in total. The zero-order valence-corrected chi connectivity index (χ0v) is 26.6. The summed E-state index contributed by atoms with van der Waals surface area (Å²) in [6.45, 7) is -0.300. The summed E-state index contributed by atoms with van der Waals surface area (Å²) < 4.78 is 13.2. The van der Waals surface area contributed by atoms with Crippen LogP contribution in [0.2, 0.25) is 0 Å². The molecule has 2 aromatic carbocycles. The first kappa shape index (κ1) is 34.1. The van der Waals surface area contributed by atoms with Crippen molar-refractivity contribution >= 4 is 46.4 Å². The van der Waals surface area contributed by atoms with Gasteiger partial charge in [0.1, 0.15) is 17.5 Å². The lowest BCUT2D eigenvalue weighted by Crippen LogP contribution is -2.85. The van der Waals surface area contributed by atoms with Gasteiger partial charge in [0.05, 0.1) is 23.2 Å². The van der Waals surface area contributed by atoms with Gasteiger partial charge in [-0.2, -0.15) is 5.26 Å². The number of benzene rings is 2. The normalized spacial score (nSPS) is 29.4. The zero-order valence-electron chi connectivity index (χ0n) is 26.6. The number of nitrogens with two attached hydrogens (primary N) is 3. The summed E-state index contributed by atoms with van der Waals surface area (Å²) in [7, 11) is 6.16. The Morgan fingerprint density at radius 1 is 1.08 bits per heavy atom. The second kappa shape index (κ2) is 11.5. The number of fused-ring (bicyclic) bond motifs is 3. The van der Waals surface area contributed by atoms with Crippen LogP contribution in [0.15, 0.2) is 30.3 Å². The van der Waals surface area contributed by atoms with Gasteiger partial charge in [-0.1, -0.05) is 0 Å². The van der Waals surface area contributed by atoms with E-state index in [4.69, 9.17) is 17.2 Å². The number of amides is 3. The molecule has 0 radical (unpaired) electrons. The summed E-state index contributed by atoms with van der Waals surface area (Å²) in [4.78, 5) is 84.4. The van der Waals surface area contributed by atoms with Crippen molar-refractivity contribution in [3.8, 4) is 11.8 Å². The van der Waals surface area contributed by atoms with Crippen LogP contribution < -0.4 is 32.7 Å². The third-order valence-corrected chi connectivity index (χ3v) is 9.67. The Balaban J connectivity index is 1.61. The molecular weight excluding hydrogens is 627 g/mol. The number of phenolic OH excluding ortho intramolecular Hbond substituents is 1. The molecule has 3 amide bonds. The van der Waals surface area contributed by atoms with Crippen molar-refractivity contribution in [2.75, 3.05) is 38.4 Å². The van der Waals surface area contributed by atoms with Gasteiger partial charge in [-0.05, 0) is 62.8 Å². The molecule has 0 spiro atoms. The molecule has 0 heterocycles. The number of rotatable bonds is 6. The maximum atomic E-state index is 14.6. The zero-order chi connectivity index (χ0) is 35.7. The van der Waals surface area contributed by atoms with Crippen molar-refractivity contribution in [1.29, 1.82) is 5.26 Å². The van der Waals surface area contributed by atoms with Crippen molar-refractivity contribution in [2.24, 2.45) is 34.5 Å². The van der Waals surface area contributed by atoms with Crippen molar-refractivity contribution in [3.05, 3.63) is 52.8 Å². The number of hydrogen-bond donors (Lipinski definition) is 6. The average molecular weight is 663 g/mol. The third-order valence-electron chi connectivity index (χ3n) is 9.67. The minimum atomic E-state index is -2.87. The molecule has 2 fully saturated rings. The molecule has 6 atom stereocenters. The number of Topliss-reactive ketones (excluding diaryl/α,β-unsaturated/α-hetero) is 4. The van der Waals surface area contributed by atoms with Crippen LogP contribution >= 0.6 is 0 Å². The highest BCUT2D eigenvalue weighted by atomic mass is 19.1. The van der Waals surface area contributed by atoms with Crippen LogP contribution in [0.5, 0.6) is 5.75 Å². The first-order valence-corrected chi connectivity index (χ1v) is 14.8. The van der Waals surface area contributed by atoms with E-state index in [-0.39, 0.29) is 29.7 Å². The predicted octanol–water partition coefficient (Wildman–Crippen LogP) is -0.665. The number of anilines is 2. The molecule has 252 valence electrons. The lowest BCUT2D eigenvalue weighted by atomic mass is 9.42. The molecule has 2 aromatic rings. The van der Waals surface area contributed by atoms with Crippen LogP contribution in [0.3, 0.4) is 0 Å². The van der Waals surface area contributed by atoms with E-state index in [1.165, 1.54) is 37.2 Å². The predicted molar refractivity (Wildman–Crippen MR) is 168 cm³/mol. The lowest BCUT2D eigenvalue weighted by Gasteiger charge is -2.60. The highest BCUT2D eigenvalue weighted by molar-refractivity contribution is 6.33. The van der Waals surface area contributed by atoms with Crippen LogP contribution in [0.1, 0.15) is 27.9 Å². The third kappa shape index (κ3) is 4.73. The maximum Gasteiger partial charge on any atom is 0.319 e. The summed E-state index contributed by atoms with van der Waals surface area (Å²) in [6, 6.07) is 5.97. The van der Waals surface area contributed by atoms with Gasteiger partial charge in [0.15, 0.2) is 34.5 Å². The van der Waals surface area contributed by atoms with Gasteiger partial charge in [0, 0.05) is 43.1 Å². The summed E-state index contributed by atoms with van der Waals surface area (Å²) in [5.74, 6) is -11.2. The van der Waals surface area contributed by atoms with Crippen molar-refractivity contribution < 1.29 is 38.3 Å². The van der Waals surface area contributed by atoms with E-state index in [0.717, 1.165) is 12.1 Å². The van der Waals surface area contributed by atoms with Crippen molar-refractivity contribution in [1.82, 2.24) is 10.2 Å². The molecule has 3 aliphatic rings. The molecule has 0 aromatic heterocycles. The topological polar surface area (TPSA) is 255 Å². The Bertz CT molecular complexity index is 1840. The standard InChI is InChI=1S/C32H35FN8O7/c1-40(2)18-9-14(11-38-29(48)39-16-7-5-15(33)6-8-16)22(42)19-17(18)10-30(36)12-32(37)25(41(3)4)24(44)20(28(35)47)26(45)31(32,13-34)27(46)21(30)23(19)43/h5-9,20-21,25,42H,10-12,36-37H2,1-4H3,(H2,35,47)(H2,38,39,48)/t20?,21?,25-,30-,31+,32-/m1/s1. The highest BCUT2D eigenvalue weighted by Gasteiger charge is 2.78. The molecule has 2 unspecified atom stereocenters. The molecule has 0 aliphatic heterocycles. The number of likely N-dealkylation sites (N-methyl/N-ethyl adjacent to an activating group) is 1. The fourth-order valence-corrected chi connectivity index (χ4v) is 7.73. The Labute approximate surface area is 274 Å². The average Bonchev–Trinajstić information content (AvgIpc) is 2.96. The Morgan fingerprint density at radius 2 is 1.71 bits per heavy atom. The number of primary amides is 1. The number of nitrogens with one attached hydrogen (secondary N) is 2. The van der Waals surface area contributed by atoms with Gasteiger partial charge in [0.2, 0.25) is 5.91 Å². The number of carbonyl (C=O) groups excluding carboxylic acids is 6. The number of phenols is 1. The SMILES string of the molecule is CN(C)c1cc(CNC(=O)Nc2ccc(F)cc2)c(O)c2c1C[C@@]1(N)C[C@@]3(N)[C@H](N(C)C)C(=O)C(C(N)=O)C(=O)[C@@]3(C#N)C(=O)C1C2=O. The van der Waals surface area contributed by atoms with Crippen molar-refractivity contribution in [2.45, 2.75) is 36.5 Å². The molecule has 2 saturated carbocycles. The molecule has 9 N–H and O–H groups in total. The minimum absolute atomic E-state index is 0.0804. The van der Waals surface area contributed by atoms with E-state index in [1.807, 2.05) is 0 Å². The fraction of sp³-hybridized carbons (Fsp3) is 0.406. The second-order valence-corrected chi connectivity index (χ2v) is 13.1. The summed E-state index contributed by atoms with van der Waals surface area (Å²) in [6.07, 6.45) is -0.784. The monoisotopic (exact) mass is 662 g/mol. The number of nitrogens with zero attached hydrogens (tertiary/aromatic N) is 3. The minimum Gasteiger partial charge on any atom is -0.507 e. The van der Waals surface area contributed by atoms with Gasteiger partial charge in [-0.25, -0.2) is 9.18 Å². The Hall–Kier alpha value is -5.24. The first-order valence-electron chi connectivity index (χ1n) is 14.8. The Morgan fingerprint density at radius 3 is 2.25 bits per heavy atom. The van der Waals surface area contributed by atoms with Crippen LogP contribution in [0.4, 0.5) is 20.6 Å². The number of urea groups is 1. The van der Waals surface area contributed by atoms with Gasteiger partial charge in [-0.15, -0.1) is 0 Å². The van der Waals surface area contributed by atoms with E-state index in [2.05, 4.69) is 10.6 Å². The quantitative estimate of drug-likeness (QED) is 0.211. The van der Waals surface area contributed by atoms with Crippen LogP contribution in [-0.2, 0) is 32.1 Å². The van der Waals surface area contributed by atoms with E-state index >= 15 is 0 Å². The number of hydrogen-bond acceptors (Lipinski definition) is 12. The summed E-state index contributed by atoms with van der Waals surface area (Å²) in [5.41, 5.74) is 12.9. The number of nitriles is 1. The number of carbonyl (C=O) groups is 6. The lowest BCUT2D eigenvalue weighted by molar-refractivity contribution is -0.166. The fourth-order valence-electron chi connectivity index (χ4n) is 7.73. The molecule has 3 aliphatic carbocycles. The summed E-state index contributed by atoms with van der Waals surface area (Å²) >= 11 is 0. The molecule has 16 heteroatoms. The molecule has 0 bridgehead atoms. The molecule has 5 rings (SSSR count). The van der Waals surface area contributed by atoms with Crippen LogP contribution in [0.25, 0.3) is 0 Å². The first-order chi connectivity index (χ1) is 22.4. The van der Waals surface area contributed by atoms with E-state index in [9.17, 15) is 43.5 Å². The second-order valence-electron chi connectivity index (χ2n) is 13.1. The van der Waals surface area contributed by atoms with Crippen molar-refractivity contribution in [3.63, 3.8) is 0 Å². The van der Waals surface area contributed by atoms with E-state index in [1.54, 1.807) is 25.1 Å².